The first-order valence-corrected chi connectivity index (χ1v) is 4.70. The molecule has 66 valence electrons. The zero-order valence-corrected chi connectivity index (χ0v) is 8.86. The van der Waals surface area contributed by atoms with Gasteiger partial charge < -0.3 is 0 Å². The molecule has 0 radical (unpaired) electrons. The molecule has 0 atom stereocenters. The Morgan fingerprint density at radius 1 is 1.00 bits per heavy atom. The number of allylic oxidation sites excluding steroid dienone is 2. The first-order chi connectivity index (χ1) is 5.00. The summed E-state index contributed by atoms with van der Waals surface area (Å²) >= 11 is 0. The van der Waals surface area contributed by atoms with E-state index in [0.717, 1.165) is 5.92 Å². The highest BCUT2D eigenvalue weighted by molar-refractivity contribution is 5.15. The fourth-order valence-electron chi connectivity index (χ4n) is 1.51. The van der Waals surface area contributed by atoms with Gasteiger partial charge in [0.1, 0.15) is 0 Å². The summed E-state index contributed by atoms with van der Waals surface area (Å²) in [6, 6.07) is 0. The Balaban J connectivity index is 4.54. The van der Waals surface area contributed by atoms with Crippen LogP contribution in [0.5, 0.6) is 0 Å². The van der Waals surface area contributed by atoms with Gasteiger partial charge in [-0.2, -0.15) is 0 Å². The van der Waals surface area contributed by atoms with Crippen molar-refractivity contribution in [1.29, 1.82) is 0 Å². The molecule has 0 saturated carbocycles. The molecular weight excluding hydrogens is 132 g/mol. The summed E-state index contributed by atoms with van der Waals surface area (Å²) < 4.78 is 0. The quantitative estimate of drug-likeness (QED) is 0.538. The lowest BCUT2D eigenvalue weighted by Crippen LogP contribution is -2.01. The standard InChI is InChI=1S/C11H22/c1-7-11(9(4)5)10(6)8(2)3/h8-9H,7H2,1-6H3. The predicted molar refractivity (Wildman–Crippen MR) is 52.7 cm³/mol. The molecule has 0 aromatic heterocycles. The minimum atomic E-state index is 0.715. The fraction of sp³-hybridized carbons (Fsp3) is 0.818. The van der Waals surface area contributed by atoms with E-state index in [4.69, 9.17) is 0 Å². The van der Waals surface area contributed by atoms with Gasteiger partial charge >= 0.3 is 0 Å². The molecule has 0 unspecified atom stereocenters. The molecule has 0 aliphatic rings. The fourth-order valence-corrected chi connectivity index (χ4v) is 1.51. The van der Waals surface area contributed by atoms with Crippen LogP contribution in [-0.4, -0.2) is 0 Å². The van der Waals surface area contributed by atoms with E-state index in [1.807, 2.05) is 0 Å². The van der Waals surface area contributed by atoms with E-state index in [1.165, 1.54) is 6.42 Å². The molecule has 0 spiro atoms. The first kappa shape index (κ1) is 10.7. The van der Waals surface area contributed by atoms with Gasteiger partial charge in [0, 0.05) is 0 Å². The summed E-state index contributed by atoms with van der Waals surface area (Å²) in [5, 5.41) is 0. The van der Waals surface area contributed by atoms with Crippen molar-refractivity contribution in [2.24, 2.45) is 11.8 Å². The van der Waals surface area contributed by atoms with Crippen LogP contribution in [0.25, 0.3) is 0 Å². The maximum Gasteiger partial charge on any atom is -0.0258 e. The van der Waals surface area contributed by atoms with Crippen LogP contribution in [0, 0.1) is 11.8 Å². The molecule has 0 aliphatic carbocycles. The largest absolute Gasteiger partial charge is 0.0713 e. The molecule has 0 nitrogen and oxygen atoms in total. The summed E-state index contributed by atoms with van der Waals surface area (Å²) in [7, 11) is 0. The van der Waals surface area contributed by atoms with Crippen LogP contribution in [0.1, 0.15) is 48.0 Å². The molecule has 0 fully saturated rings. The van der Waals surface area contributed by atoms with Crippen molar-refractivity contribution in [3.63, 3.8) is 0 Å². The van der Waals surface area contributed by atoms with Crippen LogP contribution in [0.3, 0.4) is 0 Å². The van der Waals surface area contributed by atoms with E-state index in [-0.39, 0.29) is 0 Å². The smallest absolute Gasteiger partial charge is 0.0258 e. The molecule has 0 amide bonds. The molecular formula is C11H22. The van der Waals surface area contributed by atoms with Crippen LogP contribution in [0.15, 0.2) is 11.1 Å². The Bertz CT molecular complexity index is 138. The normalized spacial score (nSPS) is 14.2. The minimum Gasteiger partial charge on any atom is -0.0713 e. The van der Waals surface area contributed by atoms with E-state index >= 15 is 0 Å². The van der Waals surface area contributed by atoms with Crippen molar-refractivity contribution < 1.29 is 0 Å². The van der Waals surface area contributed by atoms with Crippen molar-refractivity contribution in [2.75, 3.05) is 0 Å². The number of rotatable bonds is 3. The van der Waals surface area contributed by atoms with E-state index in [0.29, 0.717) is 5.92 Å². The third kappa shape index (κ3) is 3.09. The highest BCUT2D eigenvalue weighted by Gasteiger charge is 2.07. The second-order valence-corrected chi connectivity index (χ2v) is 3.87. The minimum absolute atomic E-state index is 0.715. The summed E-state index contributed by atoms with van der Waals surface area (Å²) in [6.07, 6.45) is 1.21. The molecule has 0 heteroatoms. The Labute approximate surface area is 71.7 Å². The van der Waals surface area contributed by atoms with Gasteiger partial charge in [-0.25, -0.2) is 0 Å². The topological polar surface area (TPSA) is 0 Å². The zero-order valence-electron chi connectivity index (χ0n) is 8.86. The van der Waals surface area contributed by atoms with Gasteiger partial charge in [0.25, 0.3) is 0 Å². The van der Waals surface area contributed by atoms with Crippen molar-refractivity contribution >= 4 is 0 Å². The van der Waals surface area contributed by atoms with Crippen molar-refractivity contribution in [3.8, 4) is 0 Å². The Hall–Kier alpha value is -0.260. The second kappa shape index (κ2) is 4.58. The maximum absolute atomic E-state index is 2.28. The van der Waals surface area contributed by atoms with E-state index in [2.05, 4.69) is 41.5 Å². The van der Waals surface area contributed by atoms with E-state index < -0.39 is 0 Å². The molecule has 0 aromatic rings. The highest BCUT2D eigenvalue weighted by Crippen LogP contribution is 2.22. The molecule has 0 aromatic carbocycles. The van der Waals surface area contributed by atoms with Crippen LogP contribution in [0.4, 0.5) is 0 Å². The zero-order chi connectivity index (χ0) is 9.02. The molecule has 0 rings (SSSR count). The van der Waals surface area contributed by atoms with Gasteiger partial charge in [-0.05, 0) is 25.2 Å². The Kier molecular flexibility index (Phi) is 4.48. The van der Waals surface area contributed by atoms with Gasteiger partial charge in [-0.3, -0.25) is 0 Å². The monoisotopic (exact) mass is 154 g/mol. The predicted octanol–water partition coefficient (Wildman–Crippen LogP) is 4.02. The average Bonchev–Trinajstić information content (AvgIpc) is 1.88. The summed E-state index contributed by atoms with van der Waals surface area (Å²) in [4.78, 5) is 0. The van der Waals surface area contributed by atoms with Crippen LogP contribution < -0.4 is 0 Å². The third-order valence-electron chi connectivity index (χ3n) is 2.45. The molecule has 0 N–H and O–H groups in total. The molecule has 0 saturated heterocycles. The average molecular weight is 154 g/mol. The van der Waals surface area contributed by atoms with E-state index in [9.17, 15) is 0 Å². The molecule has 0 aliphatic heterocycles. The van der Waals surface area contributed by atoms with E-state index in [1.54, 1.807) is 11.1 Å². The molecule has 0 bridgehead atoms. The van der Waals surface area contributed by atoms with Crippen LogP contribution in [0.2, 0.25) is 0 Å². The van der Waals surface area contributed by atoms with Crippen LogP contribution >= 0.6 is 0 Å². The third-order valence-corrected chi connectivity index (χ3v) is 2.45. The van der Waals surface area contributed by atoms with Gasteiger partial charge in [0.2, 0.25) is 0 Å². The molecule has 11 heavy (non-hydrogen) atoms. The lowest BCUT2D eigenvalue weighted by molar-refractivity contribution is 0.667. The first-order valence-electron chi connectivity index (χ1n) is 4.70. The maximum atomic E-state index is 2.28. The number of hydrogen-bond acceptors (Lipinski definition) is 0. The lowest BCUT2D eigenvalue weighted by atomic mass is 9.90. The van der Waals surface area contributed by atoms with Crippen molar-refractivity contribution in [1.82, 2.24) is 0 Å². The lowest BCUT2D eigenvalue weighted by Gasteiger charge is -2.16. The van der Waals surface area contributed by atoms with Crippen molar-refractivity contribution in [3.05, 3.63) is 11.1 Å². The summed E-state index contributed by atoms with van der Waals surface area (Å²) in [6.45, 7) is 13.6. The Morgan fingerprint density at radius 2 is 1.45 bits per heavy atom. The van der Waals surface area contributed by atoms with Gasteiger partial charge in [-0.1, -0.05) is 45.8 Å². The second-order valence-electron chi connectivity index (χ2n) is 3.87. The van der Waals surface area contributed by atoms with Gasteiger partial charge in [0.05, 0.1) is 0 Å². The number of hydrogen-bond donors (Lipinski definition) is 0. The van der Waals surface area contributed by atoms with Crippen LogP contribution in [-0.2, 0) is 0 Å². The summed E-state index contributed by atoms with van der Waals surface area (Å²) in [5.41, 5.74) is 3.22. The van der Waals surface area contributed by atoms with Gasteiger partial charge in [-0.15, -0.1) is 0 Å². The highest BCUT2D eigenvalue weighted by atomic mass is 14.1. The Morgan fingerprint density at radius 3 is 1.55 bits per heavy atom. The summed E-state index contributed by atoms with van der Waals surface area (Å²) in [5.74, 6) is 1.44. The van der Waals surface area contributed by atoms with Crippen molar-refractivity contribution in [2.45, 2.75) is 48.0 Å². The molecule has 0 heterocycles. The van der Waals surface area contributed by atoms with Gasteiger partial charge in [0.15, 0.2) is 0 Å². The SMILES string of the molecule is CCC(=C(C)C(C)C)C(C)C.